The summed E-state index contributed by atoms with van der Waals surface area (Å²) in [6.07, 6.45) is 9.51. The Morgan fingerprint density at radius 2 is 1.95 bits per heavy atom. The largest absolute Gasteiger partial charge is 0.298 e. The predicted molar refractivity (Wildman–Crippen MR) is 85.3 cm³/mol. The van der Waals surface area contributed by atoms with Crippen LogP contribution in [0.25, 0.3) is 0 Å². The van der Waals surface area contributed by atoms with Crippen LogP contribution in [0.1, 0.15) is 37.0 Å². The van der Waals surface area contributed by atoms with Gasteiger partial charge in [-0.2, -0.15) is 0 Å². The third kappa shape index (κ3) is 3.57. The van der Waals surface area contributed by atoms with E-state index in [9.17, 15) is 9.59 Å². The average molecular weight is 282 g/mol. The van der Waals surface area contributed by atoms with Crippen molar-refractivity contribution < 1.29 is 9.59 Å². The van der Waals surface area contributed by atoms with Gasteiger partial charge in [0.1, 0.15) is 0 Å². The highest BCUT2D eigenvalue weighted by molar-refractivity contribution is 6.13. The van der Waals surface area contributed by atoms with Crippen LogP contribution in [0.2, 0.25) is 0 Å². The molecule has 1 unspecified atom stereocenters. The van der Waals surface area contributed by atoms with E-state index in [-0.39, 0.29) is 17.3 Å². The van der Waals surface area contributed by atoms with Crippen LogP contribution < -0.4 is 0 Å². The smallest absolute Gasteiger partial charge is 0.169 e. The van der Waals surface area contributed by atoms with Crippen LogP contribution in [-0.4, -0.2) is 12.1 Å². The number of Topliss-reactive ketones (excluding diaryl/α,β-unsaturated/α-hetero) is 1. The second-order valence-corrected chi connectivity index (χ2v) is 5.48. The molecule has 0 fully saturated rings. The van der Waals surface area contributed by atoms with Gasteiger partial charge in [-0.1, -0.05) is 44.2 Å². The molecular formula is C19H22O2. The third-order valence-electron chi connectivity index (χ3n) is 4.13. The van der Waals surface area contributed by atoms with Crippen molar-refractivity contribution in [1.29, 1.82) is 0 Å². The lowest BCUT2D eigenvalue weighted by Crippen LogP contribution is -2.18. The first-order chi connectivity index (χ1) is 10.2. The number of hydrogen-bond donors (Lipinski definition) is 0. The summed E-state index contributed by atoms with van der Waals surface area (Å²) in [5, 5.41) is 0. The van der Waals surface area contributed by atoms with Crippen molar-refractivity contribution >= 4 is 12.1 Å². The lowest BCUT2D eigenvalue weighted by atomic mass is 9.88. The number of carbonyl (C=O) groups excluding carboxylic acids is 2. The molecule has 2 nitrogen and oxygen atoms in total. The van der Waals surface area contributed by atoms with Gasteiger partial charge in [0, 0.05) is 5.92 Å². The molecule has 2 rings (SSSR count). The van der Waals surface area contributed by atoms with Gasteiger partial charge in [-0.3, -0.25) is 9.59 Å². The zero-order chi connectivity index (χ0) is 15.2. The summed E-state index contributed by atoms with van der Waals surface area (Å²) in [6, 6.07) is 6.50. The van der Waals surface area contributed by atoms with E-state index in [1.165, 1.54) is 16.7 Å². The van der Waals surface area contributed by atoms with Crippen molar-refractivity contribution in [1.82, 2.24) is 0 Å². The van der Waals surface area contributed by atoms with Crippen molar-refractivity contribution in [2.45, 2.75) is 39.5 Å². The topological polar surface area (TPSA) is 34.1 Å². The number of allylic oxidation sites excluding steroid dienone is 4. The number of carbonyl (C=O) groups is 2. The number of rotatable bonds is 5. The van der Waals surface area contributed by atoms with Crippen LogP contribution in [0.15, 0.2) is 42.0 Å². The molecule has 0 amide bonds. The molecule has 110 valence electrons. The molecule has 21 heavy (non-hydrogen) atoms. The maximum Gasteiger partial charge on any atom is 0.169 e. The lowest BCUT2D eigenvalue weighted by Gasteiger charge is -2.15. The highest BCUT2D eigenvalue weighted by atomic mass is 16.1. The monoisotopic (exact) mass is 282 g/mol. The first-order valence-electron chi connectivity index (χ1n) is 7.66. The molecule has 0 N–H and O–H groups in total. The average Bonchev–Trinajstić information content (AvgIpc) is 2.69. The number of hydrogen-bond acceptors (Lipinski definition) is 2. The maximum atomic E-state index is 12.3. The van der Waals surface area contributed by atoms with Crippen LogP contribution in [-0.2, 0) is 28.9 Å². The van der Waals surface area contributed by atoms with E-state index in [0.29, 0.717) is 19.1 Å². The van der Waals surface area contributed by atoms with Crippen LogP contribution in [0.4, 0.5) is 0 Å². The molecule has 1 aliphatic rings. The summed E-state index contributed by atoms with van der Waals surface area (Å²) in [5.74, 6) is -0.162. The fraction of sp³-hybridized carbons (Fsp3) is 0.368. The zero-order valence-electron chi connectivity index (χ0n) is 12.8. The Morgan fingerprint density at radius 3 is 2.62 bits per heavy atom. The van der Waals surface area contributed by atoms with Gasteiger partial charge in [-0.25, -0.2) is 0 Å². The van der Waals surface area contributed by atoms with Gasteiger partial charge in [0.25, 0.3) is 0 Å². The van der Waals surface area contributed by atoms with Crippen molar-refractivity contribution in [3.8, 4) is 0 Å². The third-order valence-corrected chi connectivity index (χ3v) is 4.13. The second kappa shape index (κ2) is 7.16. The summed E-state index contributed by atoms with van der Waals surface area (Å²) in [6.45, 7) is 4.32. The van der Waals surface area contributed by atoms with Gasteiger partial charge in [0.05, 0.1) is 5.57 Å². The number of aryl methyl sites for hydroxylation is 2. The van der Waals surface area contributed by atoms with E-state index >= 15 is 0 Å². The van der Waals surface area contributed by atoms with Crippen LogP contribution >= 0.6 is 0 Å². The molecule has 0 heterocycles. The molecular weight excluding hydrogens is 260 g/mol. The molecule has 0 bridgehead atoms. The Balaban J connectivity index is 2.21. The Labute approximate surface area is 126 Å². The van der Waals surface area contributed by atoms with Gasteiger partial charge < -0.3 is 0 Å². The van der Waals surface area contributed by atoms with E-state index in [1.807, 2.05) is 6.08 Å². The highest BCUT2D eigenvalue weighted by Gasteiger charge is 2.22. The van der Waals surface area contributed by atoms with Crippen molar-refractivity contribution in [2.24, 2.45) is 5.92 Å². The molecule has 0 radical (unpaired) electrons. The Morgan fingerprint density at radius 1 is 1.19 bits per heavy atom. The van der Waals surface area contributed by atoms with Gasteiger partial charge in [0.15, 0.2) is 12.1 Å². The molecule has 1 atom stereocenters. The quantitative estimate of drug-likeness (QED) is 0.610. The first kappa shape index (κ1) is 15.4. The Bertz CT molecular complexity index is 594. The van der Waals surface area contributed by atoms with Crippen LogP contribution in [0, 0.1) is 5.92 Å². The minimum absolute atomic E-state index is 0.0346. The van der Waals surface area contributed by atoms with Gasteiger partial charge >= 0.3 is 0 Å². The number of ketones is 1. The summed E-state index contributed by atoms with van der Waals surface area (Å²) in [4.78, 5) is 23.3. The minimum atomic E-state index is -0.127. The molecule has 0 spiro atoms. The minimum Gasteiger partial charge on any atom is -0.298 e. The van der Waals surface area contributed by atoms with E-state index in [2.05, 4.69) is 32.0 Å². The standard InChI is InChI=1S/C19H22O2/c1-3-15-10-9-14(11-16(15)4-2)12-17-7-5-6-8-18(13-20)19(17)21/h5-6,8-11,13,17H,3-4,7,12H2,1-2H3. The molecule has 1 aromatic rings. The van der Waals surface area contributed by atoms with Crippen molar-refractivity contribution in [3.63, 3.8) is 0 Å². The maximum absolute atomic E-state index is 12.3. The molecule has 1 aromatic carbocycles. The first-order valence-corrected chi connectivity index (χ1v) is 7.66. The second-order valence-electron chi connectivity index (χ2n) is 5.48. The zero-order valence-corrected chi connectivity index (χ0v) is 12.8. The van der Waals surface area contributed by atoms with Crippen LogP contribution in [0.5, 0.6) is 0 Å². The fourth-order valence-corrected chi connectivity index (χ4v) is 2.88. The summed E-state index contributed by atoms with van der Waals surface area (Å²) < 4.78 is 0. The Kier molecular flexibility index (Phi) is 5.26. The van der Waals surface area contributed by atoms with Crippen molar-refractivity contribution in [2.75, 3.05) is 0 Å². The number of benzene rings is 1. The summed E-state index contributed by atoms with van der Waals surface area (Å²) in [7, 11) is 0. The van der Waals surface area contributed by atoms with E-state index in [0.717, 1.165) is 12.8 Å². The molecule has 0 saturated heterocycles. The molecule has 0 aromatic heterocycles. The normalized spacial score (nSPS) is 18.3. The summed E-state index contributed by atoms with van der Waals surface area (Å²) >= 11 is 0. The summed E-state index contributed by atoms with van der Waals surface area (Å²) in [5.41, 5.74) is 4.21. The van der Waals surface area contributed by atoms with E-state index < -0.39 is 0 Å². The van der Waals surface area contributed by atoms with Gasteiger partial charge in [0.2, 0.25) is 0 Å². The fourth-order valence-electron chi connectivity index (χ4n) is 2.88. The van der Waals surface area contributed by atoms with E-state index in [4.69, 9.17) is 0 Å². The molecule has 0 saturated carbocycles. The molecule has 1 aliphatic carbocycles. The Hall–Kier alpha value is -1.96. The highest BCUT2D eigenvalue weighted by Crippen LogP contribution is 2.22. The van der Waals surface area contributed by atoms with Gasteiger partial charge in [-0.05, 0) is 48.4 Å². The van der Waals surface area contributed by atoms with Crippen LogP contribution in [0.3, 0.4) is 0 Å². The number of aldehydes is 1. The lowest BCUT2D eigenvalue weighted by molar-refractivity contribution is -0.120. The molecule has 2 heteroatoms. The predicted octanol–water partition coefficient (Wildman–Crippen LogP) is 3.62. The van der Waals surface area contributed by atoms with E-state index in [1.54, 1.807) is 12.2 Å². The molecule has 0 aliphatic heterocycles. The SMILES string of the molecule is CCc1ccc(CC2CC=CC=C(C=O)C2=O)cc1CC. The van der Waals surface area contributed by atoms with Crippen molar-refractivity contribution in [3.05, 3.63) is 58.7 Å². The van der Waals surface area contributed by atoms with Gasteiger partial charge in [-0.15, -0.1) is 0 Å².